The molecule has 0 saturated carbocycles. The summed E-state index contributed by atoms with van der Waals surface area (Å²) in [4.78, 5) is -0.277. The molecule has 0 aromatic heterocycles. The summed E-state index contributed by atoms with van der Waals surface area (Å²) in [5.74, 6) is -0.0686. The molecule has 0 amide bonds. The van der Waals surface area contributed by atoms with Gasteiger partial charge in [0.2, 0.25) is 20.0 Å². The fourth-order valence-corrected chi connectivity index (χ4v) is 2.57. The molecule has 0 radical (unpaired) electrons. The second-order valence-corrected chi connectivity index (χ2v) is 6.96. The predicted octanol–water partition coefficient (Wildman–Crippen LogP) is 0.104. The Morgan fingerprint density at radius 2 is 1.89 bits per heavy atom. The maximum atomic E-state index is 11.4. The van der Waals surface area contributed by atoms with Crippen LogP contribution in [0.2, 0.25) is 0 Å². The fraction of sp³-hybridized carbons (Fsp3) is 0.333. The SMILES string of the molecule is CCS(=O)(=O)Nc1ccc(OC)c(S(N)(=O)=O)c1. The van der Waals surface area contributed by atoms with Gasteiger partial charge < -0.3 is 4.74 Å². The van der Waals surface area contributed by atoms with Crippen LogP contribution in [0.1, 0.15) is 6.92 Å². The van der Waals surface area contributed by atoms with Gasteiger partial charge in [0.15, 0.2) is 0 Å². The molecule has 0 saturated heterocycles. The van der Waals surface area contributed by atoms with Gasteiger partial charge in [-0.05, 0) is 25.1 Å². The van der Waals surface area contributed by atoms with Gasteiger partial charge in [0.25, 0.3) is 0 Å². The molecule has 0 aliphatic heterocycles. The second kappa shape index (κ2) is 5.12. The smallest absolute Gasteiger partial charge is 0.241 e. The van der Waals surface area contributed by atoms with Gasteiger partial charge in [0.05, 0.1) is 18.6 Å². The van der Waals surface area contributed by atoms with Crippen LogP contribution in [0.4, 0.5) is 5.69 Å². The van der Waals surface area contributed by atoms with Crippen LogP contribution in [0.3, 0.4) is 0 Å². The van der Waals surface area contributed by atoms with Crippen LogP contribution >= 0.6 is 0 Å². The normalized spacial score (nSPS) is 12.2. The van der Waals surface area contributed by atoms with E-state index in [-0.39, 0.29) is 22.1 Å². The predicted molar refractivity (Wildman–Crippen MR) is 67.5 cm³/mol. The molecule has 9 heteroatoms. The molecule has 0 unspecified atom stereocenters. The summed E-state index contributed by atoms with van der Waals surface area (Å²) in [6.45, 7) is 1.46. The van der Waals surface area contributed by atoms with Crippen molar-refractivity contribution in [1.29, 1.82) is 0 Å². The molecule has 0 fully saturated rings. The minimum absolute atomic E-state index is 0.0527. The first-order chi connectivity index (χ1) is 8.19. The lowest BCUT2D eigenvalue weighted by atomic mass is 10.3. The largest absolute Gasteiger partial charge is 0.495 e. The average Bonchev–Trinajstić information content (AvgIpc) is 2.27. The lowest BCUT2D eigenvalue weighted by molar-refractivity contribution is 0.403. The molecule has 1 aromatic carbocycles. The van der Waals surface area contributed by atoms with Crippen molar-refractivity contribution in [3.05, 3.63) is 18.2 Å². The van der Waals surface area contributed by atoms with E-state index in [0.29, 0.717) is 0 Å². The first-order valence-electron chi connectivity index (χ1n) is 4.91. The van der Waals surface area contributed by atoms with Crippen LogP contribution in [-0.4, -0.2) is 29.7 Å². The second-order valence-electron chi connectivity index (χ2n) is 3.42. The third kappa shape index (κ3) is 3.59. The summed E-state index contributed by atoms with van der Waals surface area (Å²) in [5.41, 5.74) is 0.113. The van der Waals surface area contributed by atoms with Crippen LogP contribution in [0.25, 0.3) is 0 Å². The number of nitrogens with two attached hydrogens (primary N) is 1. The molecule has 1 aromatic rings. The number of benzene rings is 1. The molecule has 7 nitrogen and oxygen atoms in total. The Morgan fingerprint density at radius 3 is 2.33 bits per heavy atom. The van der Waals surface area contributed by atoms with Gasteiger partial charge in [-0.15, -0.1) is 0 Å². The summed E-state index contributed by atoms with van der Waals surface area (Å²) >= 11 is 0. The highest BCUT2D eigenvalue weighted by molar-refractivity contribution is 7.92. The van der Waals surface area contributed by atoms with Gasteiger partial charge in [0.1, 0.15) is 10.6 Å². The summed E-state index contributed by atoms with van der Waals surface area (Å²) in [6, 6.07) is 3.83. The van der Waals surface area contributed by atoms with E-state index >= 15 is 0 Å². The zero-order chi connectivity index (χ0) is 14.0. The molecule has 0 spiro atoms. The lowest BCUT2D eigenvalue weighted by Gasteiger charge is -2.10. The van der Waals surface area contributed by atoms with E-state index < -0.39 is 20.0 Å². The standard InChI is InChI=1S/C9H14N2O5S2/c1-3-17(12,13)11-7-4-5-8(16-2)9(6-7)18(10,14)15/h4-6,11H,3H2,1-2H3,(H2,10,14,15). The van der Waals surface area contributed by atoms with Crippen molar-refractivity contribution < 1.29 is 21.6 Å². The maximum absolute atomic E-state index is 11.4. The van der Waals surface area contributed by atoms with E-state index in [0.717, 1.165) is 6.07 Å². The highest BCUT2D eigenvalue weighted by Gasteiger charge is 2.17. The minimum atomic E-state index is -3.99. The molecule has 102 valence electrons. The van der Waals surface area contributed by atoms with Crippen molar-refractivity contribution in [2.75, 3.05) is 17.6 Å². The number of primary sulfonamides is 1. The average molecular weight is 294 g/mol. The summed E-state index contributed by atoms with van der Waals surface area (Å²) in [6.07, 6.45) is 0. The Balaban J connectivity index is 3.28. The first-order valence-corrected chi connectivity index (χ1v) is 8.11. The Bertz CT molecular complexity index is 637. The number of rotatable bonds is 5. The van der Waals surface area contributed by atoms with Crippen molar-refractivity contribution in [2.45, 2.75) is 11.8 Å². The highest BCUT2D eigenvalue weighted by Crippen LogP contribution is 2.26. The molecule has 0 aliphatic rings. The van der Waals surface area contributed by atoms with Crippen LogP contribution in [0.5, 0.6) is 5.75 Å². The number of hydrogen-bond acceptors (Lipinski definition) is 5. The summed E-state index contributed by atoms with van der Waals surface area (Å²) in [5, 5.41) is 5.01. The van der Waals surface area contributed by atoms with Gasteiger partial charge >= 0.3 is 0 Å². The molecule has 0 aliphatic carbocycles. The molecule has 18 heavy (non-hydrogen) atoms. The van der Waals surface area contributed by atoms with Crippen molar-refractivity contribution >= 4 is 25.7 Å². The van der Waals surface area contributed by atoms with Crippen LogP contribution in [-0.2, 0) is 20.0 Å². The molecular formula is C9H14N2O5S2. The third-order valence-corrected chi connectivity index (χ3v) is 4.36. The number of methoxy groups -OCH3 is 1. The quantitative estimate of drug-likeness (QED) is 0.799. The van der Waals surface area contributed by atoms with E-state index in [9.17, 15) is 16.8 Å². The summed E-state index contributed by atoms with van der Waals surface area (Å²) < 4.78 is 52.4. The van der Waals surface area contributed by atoms with Gasteiger partial charge in [-0.3, -0.25) is 4.72 Å². The van der Waals surface area contributed by atoms with E-state index in [1.165, 1.54) is 26.2 Å². The zero-order valence-corrected chi connectivity index (χ0v) is 11.5. The molecule has 0 atom stereocenters. The first kappa shape index (κ1) is 14.7. The Kier molecular flexibility index (Phi) is 4.20. The number of nitrogens with one attached hydrogen (secondary N) is 1. The van der Waals surface area contributed by atoms with E-state index in [1.54, 1.807) is 0 Å². The number of hydrogen-bond donors (Lipinski definition) is 2. The number of anilines is 1. The van der Waals surface area contributed by atoms with Gasteiger partial charge in [-0.2, -0.15) is 0 Å². The maximum Gasteiger partial charge on any atom is 0.241 e. The molecule has 0 heterocycles. The van der Waals surface area contributed by atoms with Crippen molar-refractivity contribution in [1.82, 2.24) is 0 Å². The number of sulfonamides is 2. The molecule has 1 rings (SSSR count). The van der Waals surface area contributed by atoms with E-state index in [4.69, 9.17) is 9.88 Å². The molecule has 0 bridgehead atoms. The van der Waals surface area contributed by atoms with Crippen LogP contribution in [0, 0.1) is 0 Å². The van der Waals surface area contributed by atoms with Gasteiger partial charge in [-0.1, -0.05) is 0 Å². The van der Waals surface area contributed by atoms with Crippen molar-refractivity contribution in [2.24, 2.45) is 5.14 Å². The number of ether oxygens (including phenoxy) is 1. The molecular weight excluding hydrogens is 280 g/mol. The van der Waals surface area contributed by atoms with Gasteiger partial charge in [0, 0.05) is 0 Å². The minimum Gasteiger partial charge on any atom is -0.495 e. The van der Waals surface area contributed by atoms with Gasteiger partial charge in [-0.25, -0.2) is 22.0 Å². The Morgan fingerprint density at radius 1 is 1.28 bits per heavy atom. The van der Waals surface area contributed by atoms with E-state index in [1.807, 2.05) is 0 Å². The topological polar surface area (TPSA) is 116 Å². The zero-order valence-electron chi connectivity index (χ0n) is 9.87. The van der Waals surface area contributed by atoms with Crippen LogP contribution in [0.15, 0.2) is 23.1 Å². The summed E-state index contributed by atoms with van der Waals surface area (Å²) in [7, 11) is -6.18. The van der Waals surface area contributed by atoms with E-state index in [2.05, 4.69) is 4.72 Å². The molecule has 3 N–H and O–H groups in total. The van der Waals surface area contributed by atoms with Crippen molar-refractivity contribution in [3.63, 3.8) is 0 Å². The van der Waals surface area contributed by atoms with Crippen LogP contribution < -0.4 is 14.6 Å². The third-order valence-electron chi connectivity index (χ3n) is 2.12. The van der Waals surface area contributed by atoms with Crippen molar-refractivity contribution in [3.8, 4) is 5.75 Å². The Hall–Kier alpha value is -1.32. The highest BCUT2D eigenvalue weighted by atomic mass is 32.2. The fourth-order valence-electron chi connectivity index (χ4n) is 1.21. The lowest BCUT2D eigenvalue weighted by Crippen LogP contribution is -2.17. The monoisotopic (exact) mass is 294 g/mol. The Labute approximate surface area is 106 Å².